The lowest BCUT2D eigenvalue weighted by Gasteiger charge is -2.21. The number of amides is 1. The number of benzene rings is 2. The highest BCUT2D eigenvalue weighted by Crippen LogP contribution is 2.21. The van der Waals surface area contributed by atoms with Crippen molar-refractivity contribution in [3.05, 3.63) is 63.4 Å². The fourth-order valence-electron chi connectivity index (χ4n) is 2.79. The van der Waals surface area contributed by atoms with Gasteiger partial charge < -0.3 is 15.2 Å². The summed E-state index contributed by atoms with van der Waals surface area (Å²) < 4.78 is 19.5. The quantitative estimate of drug-likeness (QED) is 0.571. The topological polar surface area (TPSA) is 78.9 Å². The van der Waals surface area contributed by atoms with Crippen LogP contribution < -0.4 is 10.1 Å². The van der Waals surface area contributed by atoms with Crippen molar-refractivity contribution in [1.82, 2.24) is 10.2 Å². The molecule has 28 heavy (non-hydrogen) atoms. The standard InChI is InChI=1S/C20H22BrFN2O4/c1-24(9-13-3-4-16(21)5-15(13)11-25)10-20(27)23-19(12-26)14-6-17(22)8-18(7-14)28-2/h3-8,11,19,26H,9-10,12H2,1-2H3,(H,23,27). The van der Waals surface area contributed by atoms with Crippen molar-refractivity contribution < 1.29 is 23.8 Å². The Morgan fingerprint density at radius 2 is 2.11 bits per heavy atom. The van der Waals surface area contributed by atoms with Gasteiger partial charge in [0.05, 0.1) is 26.3 Å². The molecule has 0 saturated heterocycles. The van der Waals surface area contributed by atoms with Gasteiger partial charge in [0.2, 0.25) is 5.91 Å². The number of aliphatic hydroxyl groups is 1. The summed E-state index contributed by atoms with van der Waals surface area (Å²) in [6.45, 7) is 0.0493. The second-order valence-corrected chi connectivity index (χ2v) is 7.28. The molecule has 0 aliphatic heterocycles. The molecule has 0 bridgehead atoms. The van der Waals surface area contributed by atoms with Crippen molar-refractivity contribution >= 4 is 28.1 Å². The zero-order valence-corrected chi connectivity index (χ0v) is 17.2. The van der Waals surface area contributed by atoms with Crippen LogP contribution in [-0.4, -0.2) is 49.5 Å². The van der Waals surface area contributed by atoms with Crippen LogP contribution in [0.25, 0.3) is 0 Å². The maximum absolute atomic E-state index is 13.7. The number of aliphatic hydroxyl groups excluding tert-OH is 1. The van der Waals surface area contributed by atoms with Crippen LogP contribution in [0.5, 0.6) is 5.75 Å². The van der Waals surface area contributed by atoms with Crippen LogP contribution in [0.1, 0.15) is 27.5 Å². The number of rotatable bonds is 9. The molecule has 150 valence electrons. The molecule has 0 aliphatic rings. The van der Waals surface area contributed by atoms with Gasteiger partial charge in [0, 0.05) is 22.6 Å². The first-order chi connectivity index (χ1) is 13.4. The largest absolute Gasteiger partial charge is 0.497 e. The number of methoxy groups -OCH3 is 1. The van der Waals surface area contributed by atoms with E-state index < -0.39 is 11.9 Å². The van der Waals surface area contributed by atoms with E-state index in [0.717, 1.165) is 16.3 Å². The Labute approximate surface area is 171 Å². The van der Waals surface area contributed by atoms with E-state index in [2.05, 4.69) is 21.2 Å². The molecule has 0 aliphatic carbocycles. The van der Waals surface area contributed by atoms with Crippen molar-refractivity contribution in [2.24, 2.45) is 0 Å². The molecule has 0 fully saturated rings. The van der Waals surface area contributed by atoms with Gasteiger partial charge in [0.25, 0.3) is 0 Å². The van der Waals surface area contributed by atoms with Crippen LogP contribution in [-0.2, 0) is 11.3 Å². The Morgan fingerprint density at radius 1 is 1.36 bits per heavy atom. The van der Waals surface area contributed by atoms with Crippen molar-refractivity contribution in [3.63, 3.8) is 0 Å². The molecule has 0 aromatic heterocycles. The summed E-state index contributed by atoms with van der Waals surface area (Å²) in [4.78, 5) is 25.3. The Bertz CT molecular complexity index is 847. The van der Waals surface area contributed by atoms with Crippen LogP contribution in [0.4, 0.5) is 4.39 Å². The van der Waals surface area contributed by atoms with Crippen LogP contribution >= 0.6 is 15.9 Å². The van der Waals surface area contributed by atoms with Gasteiger partial charge in [0.15, 0.2) is 0 Å². The van der Waals surface area contributed by atoms with Gasteiger partial charge in [-0.3, -0.25) is 14.5 Å². The molecule has 2 aromatic rings. The summed E-state index contributed by atoms with van der Waals surface area (Å²) in [6, 6.07) is 8.63. The van der Waals surface area contributed by atoms with E-state index in [1.165, 1.54) is 19.2 Å². The summed E-state index contributed by atoms with van der Waals surface area (Å²) >= 11 is 3.32. The maximum Gasteiger partial charge on any atom is 0.234 e. The predicted octanol–water partition coefficient (Wildman–Crippen LogP) is 2.69. The molecule has 2 aromatic carbocycles. The lowest BCUT2D eigenvalue weighted by molar-refractivity contribution is -0.123. The van der Waals surface area contributed by atoms with Crippen LogP contribution in [0.2, 0.25) is 0 Å². The first kappa shape index (κ1) is 22.0. The normalized spacial score (nSPS) is 11.9. The molecule has 1 unspecified atom stereocenters. The minimum absolute atomic E-state index is 0.0390. The summed E-state index contributed by atoms with van der Waals surface area (Å²) in [5.74, 6) is -0.554. The van der Waals surface area contributed by atoms with E-state index in [-0.39, 0.29) is 19.1 Å². The number of carbonyl (C=O) groups is 2. The molecular weight excluding hydrogens is 431 g/mol. The highest BCUT2D eigenvalue weighted by atomic mass is 79.9. The van der Waals surface area contributed by atoms with Gasteiger partial charge in [-0.2, -0.15) is 0 Å². The maximum atomic E-state index is 13.7. The molecule has 0 saturated carbocycles. The van der Waals surface area contributed by atoms with E-state index in [9.17, 15) is 19.1 Å². The van der Waals surface area contributed by atoms with Crippen molar-refractivity contribution in [2.75, 3.05) is 27.3 Å². The van der Waals surface area contributed by atoms with Crippen LogP contribution in [0.15, 0.2) is 40.9 Å². The first-order valence-corrected chi connectivity index (χ1v) is 9.32. The lowest BCUT2D eigenvalue weighted by atomic mass is 10.1. The monoisotopic (exact) mass is 452 g/mol. The van der Waals surface area contributed by atoms with E-state index >= 15 is 0 Å². The lowest BCUT2D eigenvalue weighted by Crippen LogP contribution is -2.38. The minimum Gasteiger partial charge on any atom is -0.497 e. The van der Waals surface area contributed by atoms with Gasteiger partial charge in [-0.05, 0) is 42.4 Å². The molecule has 2 rings (SSSR count). The van der Waals surface area contributed by atoms with E-state index in [1.807, 2.05) is 12.1 Å². The van der Waals surface area contributed by atoms with Gasteiger partial charge in [-0.1, -0.05) is 22.0 Å². The van der Waals surface area contributed by atoms with Gasteiger partial charge in [0.1, 0.15) is 17.9 Å². The molecule has 1 atom stereocenters. The van der Waals surface area contributed by atoms with E-state index in [1.54, 1.807) is 24.1 Å². The van der Waals surface area contributed by atoms with Crippen molar-refractivity contribution in [1.29, 1.82) is 0 Å². The number of hydrogen-bond acceptors (Lipinski definition) is 5. The SMILES string of the molecule is COc1cc(F)cc(C(CO)NC(=O)CN(C)Cc2ccc(Br)cc2C=O)c1. The zero-order chi connectivity index (χ0) is 20.7. The highest BCUT2D eigenvalue weighted by molar-refractivity contribution is 9.10. The Morgan fingerprint density at radius 3 is 2.75 bits per heavy atom. The first-order valence-electron chi connectivity index (χ1n) is 8.53. The Hall–Kier alpha value is -2.29. The molecule has 1 amide bonds. The second kappa shape index (κ2) is 10.3. The van der Waals surface area contributed by atoms with Crippen LogP contribution in [0, 0.1) is 5.82 Å². The molecule has 6 nitrogen and oxygen atoms in total. The minimum atomic E-state index is -0.760. The third-order valence-corrected chi connectivity index (χ3v) is 4.63. The van der Waals surface area contributed by atoms with Gasteiger partial charge >= 0.3 is 0 Å². The predicted molar refractivity (Wildman–Crippen MR) is 107 cm³/mol. The van der Waals surface area contributed by atoms with Gasteiger partial charge in [-0.25, -0.2) is 4.39 Å². The number of ether oxygens (including phenoxy) is 1. The average molecular weight is 453 g/mol. The summed E-state index contributed by atoms with van der Waals surface area (Å²) in [6.07, 6.45) is 0.771. The highest BCUT2D eigenvalue weighted by Gasteiger charge is 2.17. The fourth-order valence-corrected chi connectivity index (χ4v) is 3.17. The number of hydrogen-bond donors (Lipinski definition) is 2. The van der Waals surface area contributed by atoms with Gasteiger partial charge in [-0.15, -0.1) is 0 Å². The number of nitrogens with one attached hydrogen (secondary N) is 1. The Balaban J connectivity index is 2.02. The number of carbonyl (C=O) groups excluding carboxylic acids is 2. The fraction of sp³-hybridized carbons (Fsp3) is 0.300. The molecule has 8 heteroatoms. The van der Waals surface area contributed by atoms with E-state index in [4.69, 9.17) is 4.74 Å². The average Bonchev–Trinajstić information content (AvgIpc) is 2.66. The second-order valence-electron chi connectivity index (χ2n) is 6.36. The summed E-state index contributed by atoms with van der Waals surface area (Å²) in [5.41, 5.74) is 1.75. The molecular formula is C20H22BrFN2O4. The summed E-state index contributed by atoms with van der Waals surface area (Å²) in [7, 11) is 3.16. The number of halogens is 2. The number of likely N-dealkylation sites (N-methyl/N-ethyl adjacent to an activating group) is 1. The molecule has 0 spiro atoms. The third-order valence-electron chi connectivity index (χ3n) is 4.14. The number of nitrogens with zero attached hydrogens (tertiary/aromatic N) is 1. The Kier molecular flexibility index (Phi) is 8.10. The number of aldehydes is 1. The zero-order valence-electron chi connectivity index (χ0n) is 15.6. The smallest absolute Gasteiger partial charge is 0.234 e. The van der Waals surface area contributed by atoms with E-state index in [0.29, 0.717) is 23.4 Å². The van der Waals surface area contributed by atoms with Crippen molar-refractivity contribution in [3.8, 4) is 5.75 Å². The van der Waals surface area contributed by atoms with Crippen molar-refractivity contribution in [2.45, 2.75) is 12.6 Å². The molecule has 0 radical (unpaired) electrons. The molecule has 0 heterocycles. The summed E-state index contributed by atoms with van der Waals surface area (Å²) in [5, 5.41) is 12.3. The van der Waals surface area contributed by atoms with Crippen LogP contribution in [0.3, 0.4) is 0 Å². The molecule has 2 N–H and O–H groups in total. The third kappa shape index (κ3) is 6.12.